The number of aryl methyl sites for hydroxylation is 1. The van der Waals surface area contributed by atoms with Crippen molar-refractivity contribution in [3.05, 3.63) is 29.8 Å². The minimum Gasteiger partial charge on any atom is -0.480 e. The van der Waals surface area contributed by atoms with E-state index < -0.39 is 24.6 Å². The van der Waals surface area contributed by atoms with Crippen molar-refractivity contribution in [1.29, 1.82) is 0 Å². The van der Waals surface area contributed by atoms with E-state index in [0.29, 0.717) is 4.90 Å². The SMILES string of the molecule is Cc1ccc(SNC(CC(F)(F)F)C(=O)O)cc1. The van der Waals surface area contributed by atoms with Crippen molar-refractivity contribution in [3.8, 4) is 0 Å². The minimum absolute atomic E-state index is 0.661. The zero-order valence-corrected chi connectivity index (χ0v) is 10.3. The summed E-state index contributed by atoms with van der Waals surface area (Å²) in [6.45, 7) is 1.88. The molecule has 1 rings (SSSR count). The number of carbonyl (C=O) groups is 1. The van der Waals surface area contributed by atoms with Gasteiger partial charge in [0.2, 0.25) is 0 Å². The van der Waals surface area contributed by atoms with Gasteiger partial charge in [-0.25, -0.2) is 4.72 Å². The lowest BCUT2D eigenvalue weighted by Gasteiger charge is -2.15. The van der Waals surface area contributed by atoms with Crippen LogP contribution in [0.4, 0.5) is 13.2 Å². The Labute approximate surface area is 107 Å². The second-order valence-corrected chi connectivity index (χ2v) is 4.65. The molecule has 18 heavy (non-hydrogen) atoms. The third kappa shape index (κ3) is 5.42. The third-order valence-corrected chi connectivity index (χ3v) is 2.98. The molecule has 7 heteroatoms. The molecule has 0 heterocycles. The molecule has 0 aromatic heterocycles. The van der Waals surface area contributed by atoms with E-state index in [-0.39, 0.29) is 0 Å². The smallest absolute Gasteiger partial charge is 0.391 e. The van der Waals surface area contributed by atoms with Gasteiger partial charge in [-0.05, 0) is 31.0 Å². The summed E-state index contributed by atoms with van der Waals surface area (Å²) in [5, 5.41) is 8.68. The topological polar surface area (TPSA) is 49.3 Å². The highest BCUT2D eigenvalue weighted by molar-refractivity contribution is 7.97. The van der Waals surface area contributed by atoms with Crippen LogP contribution in [0.1, 0.15) is 12.0 Å². The lowest BCUT2D eigenvalue weighted by molar-refractivity contribution is -0.157. The maximum absolute atomic E-state index is 12.1. The molecule has 0 radical (unpaired) electrons. The summed E-state index contributed by atoms with van der Waals surface area (Å²) in [5.41, 5.74) is 1.02. The molecule has 3 nitrogen and oxygen atoms in total. The van der Waals surface area contributed by atoms with Crippen LogP contribution in [0, 0.1) is 6.92 Å². The summed E-state index contributed by atoms with van der Waals surface area (Å²) in [5.74, 6) is -1.52. The van der Waals surface area contributed by atoms with Gasteiger partial charge in [-0.1, -0.05) is 17.7 Å². The summed E-state index contributed by atoms with van der Waals surface area (Å²) in [7, 11) is 0. The molecule has 1 aromatic carbocycles. The molecule has 0 aliphatic heterocycles. The largest absolute Gasteiger partial charge is 0.480 e. The molecule has 0 aliphatic carbocycles. The van der Waals surface area contributed by atoms with Crippen LogP contribution in [-0.2, 0) is 4.79 Å². The van der Waals surface area contributed by atoms with Crippen LogP contribution in [0.3, 0.4) is 0 Å². The Bertz CT molecular complexity index is 406. The number of carboxylic acids is 1. The van der Waals surface area contributed by atoms with E-state index in [1.165, 1.54) is 0 Å². The zero-order chi connectivity index (χ0) is 13.8. The Morgan fingerprint density at radius 3 is 2.39 bits per heavy atom. The third-order valence-electron chi connectivity index (χ3n) is 2.07. The highest BCUT2D eigenvalue weighted by atomic mass is 32.2. The molecule has 0 spiro atoms. The van der Waals surface area contributed by atoms with Crippen LogP contribution in [-0.4, -0.2) is 23.3 Å². The van der Waals surface area contributed by atoms with Crippen LogP contribution < -0.4 is 4.72 Å². The molecule has 1 aromatic rings. The summed E-state index contributed by atoms with van der Waals surface area (Å²) < 4.78 is 38.7. The lowest BCUT2D eigenvalue weighted by Crippen LogP contribution is -2.36. The van der Waals surface area contributed by atoms with E-state index in [4.69, 9.17) is 5.11 Å². The molecule has 0 amide bonds. The van der Waals surface area contributed by atoms with Crippen molar-refractivity contribution in [2.24, 2.45) is 0 Å². The Hall–Kier alpha value is -1.21. The standard InChI is InChI=1S/C11H12F3NO2S/c1-7-2-4-8(5-3-7)18-15-9(10(16)17)6-11(12,13)14/h2-5,9,15H,6H2,1H3,(H,16,17). The normalized spacial score (nSPS) is 13.3. The van der Waals surface area contributed by atoms with Crippen LogP contribution in [0.5, 0.6) is 0 Å². The molecule has 1 unspecified atom stereocenters. The van der Waals surface area contributed by atoms with Gasteiger partial charge in [0.05, 0.1) is 6.42 Å². The van der Waals surface area contributed by atoms with Crippen LogP contribution in [0.25, 0.3) is 0 Å². The molecule has 0 saturated heterocycles. The van der Waals surface area contributed by atoms with E-state index >= 15 is 0 Å². The van der Waals surface area contributed by atoms with Crippen molar-refractivity contribution in [2.45, 2.75) is 30.5 Å². The van der Waals surface area contributed by atoms with E-state index in [1.54, 1.807) is 24.3 Å². The Morgan fingerprint density at radius 1 is 1.39 bits per heavy atom. The van der Waals surface area contributed by atoms with Gasteiger partial charge in [-0.15, -0.1) is 0 Å². The predicted octanol–water partition coefficient (Wildman–Crippen LogP) is 3.00. The monoisotopic (exact) mass is 279 g/mol. The Kier molecular flexibility index (Phi) is 5.03. The number of hydrogen-bond donors (Lipinski definition) is 2. The molecule has 0 aliphatic rings. The molecule has 0 saturated carbocycles. The minimum atomic E-state index is -4.51. The lowest BCUT2D eigenvalue weighted by atomic mass is 10.2. The van der Waals surface area contributed by atoms with E-state index in [1.807, 2.05) is 6.92 Å². The van der Waals surface area contributed by atoms with Gasteiger partial charge in [0.15, 0.2) is 0 Å². The molecule has 1 atom stereocenters. The van der Waals surface area contributed by atoms with E-state index in [0.717, 1.165) is 17.5 Å². The fraction of sp³-hybridized carbons (Fsp3) is 0.364. The van der Waals surface area contributed by atoms with Crippen molar-refractivity contribution in [3.63, 3.8) is 0 Å². The second kappa shape index (κ2) is 6.10. The van der Waals surface area contributed by atoms with Crippen LogP contribution in [0.2, 0.25) is 0 Å². The summed E-state index contributed by atoms with van der Waals surface area (Å²) >= 11 is 0.875. The van der Waals surface area contributed by atoms with Gasteiger partial charge in [-0.2, -0.15) is 13.2 Å². The fourth-order valence-corrected chi connectivity index (χ4v) is 1.89. The highest BCUT2D eigenvalue weighted by Crippen LogP contribution is 2.24. The van der Waals surface area contributed by atoms with Gasteiger partial charge in [0, 0.05) is 4.90 Å². The second-order valence-electron chi connectivity index (χ2n) is 3.74. The van der Waals surface area contributed by atoms with E-state index in [9.17, 15) is 18.0 Å². The first-order valence-electron chi connectivity index (χ1n) is 5.06. The first-order chi connectivity index (χ1) is 8.28. The van der Waals surface area contributed by atoms with Crippen LogP contribution >= 0.6 is 11.9 Å². The maximum atomic E-state index is 12.1. The Balaban J connectivity index is 2.57. The number of hydrogen-bond acceptors (Lipinski definition) is 3. The Morgan fingerprint density at radius 2 is 1.94 bits per heavy atom. The summed E-state index contributed by atoms with van der Waals surface area (Å²) in [6.07, 6.45) is -5.91. The highest BCUT2D eigenvalue weighted by Gasteiger charge is 2.35. The number of benzene rings is 1. The van der Waals surface area contributed by atoms with E-state index in [2.05, 4.69) is 4.72 Å². The molecule has 0 fully saturated rings. The van der Waals surface area contributed by atoms with Gasteiger partial charge in [0.1, 0.15) is 6.04 Å². The number of carboxylic acid groups (broad SMARTS) is 1. The number of aliphatic carboxylic acids is 1. The average molecular weight is 279 g/mol. The first-order valence-corrected chi connectivity index (χ1v) is 5.88. The number of halogens is 3. The fourth-order valence-electron chi connectivity index (χ4n) is 1.16. The molecular formula is C11H12F3NO2S. The van der Waals surface area contributed by atoms with Crippen molar-refractivity contribution >= 4 is 17.9 Å². The number of rotatable bonds is 5. The van der Waals surface area contributed by atoms with Gasteiger partial charge < -0.3 is 5.11 Å². The van der Waals surface area contributed by atoms with Crippen LogP contribution in [0.15, 0.2) is 29.2 Å². The average Bonchev–Trinajstić information content (AvgIpc) is 2.24. The summed E-state index contributed by atoms with van der Waals surface area (Å²) in [4.78, 5) is 11.3. The quantitative estimate of drug-likeness (QED) is 0.813. The zero-order valence-electron chi connectivity index (χ0n) is 9.49. The molecule has 100 valence electrons. The van der Waals surface area contributed by atoms with Gasteiger partial charge >= 0.3 is 12.1 Å². The van der Waals surface area contributed by atoms with Gasteiger partial charge in [0.25, 0.3) is 0 Å². The summed E-state index contributed by atoms with van der Waals surface area (Å²) in [6, 6.07) is 5.35. The van der Waals surface area contributed by atoms with Crippen molar-refractivity contribution < 1.29 is 23.1 Å². The first kappa shape index (κ1) is 14.8. The molecular weight excluding hydrogens is 267 g/mol. The van der Waals surface area contributed by atoms with Crippen molar-refractivity contribution in [2.75, 3.05) is 0 Å². The maximum Gasteiger partial charge on any atom is 0.391 e. The predicted molar refractivity (Wildman–Crippen MR) is 62.3 cm³/mol. The number of nitrogens with one attached hydrogen (secondary N) is 1. The van der Waals surface area contributed by atoms with Gasteiger partial charge in [-0.3, -0.25) is 4.79 Å². The molecule has 0 bridgehead atoms. The van der Waals surface area contributed by atoms with Crippen molar-refractivity contribution in [1.82, 2.24) is 4.72 Å². The number of alkyl halides is 3. The molecule has 2 N–H and O–H groups in total.